The Morgan fingerprint density at radius 2 is 1.71 bits per heavy atom. The Balaban J connectivity index is 1.62. The van der Waals surface area contributed by atoms with Gasteiger partial charge < -0.3 is 15.3 Å². The zero-order valence-electron chi connectivity index (χ0n) is 18.3. The predicted molar refractivity (Wildman–Crippen MR) is 119 cm³/mol. The van der Waals surface area contributed by atoms with Crippen LogP contribution in [0.5, 0.6) is 0 Å². The third kappa shape index (κ3) is 4.55. The van der Waals surface area contributed by atoms with E-state index < -0.39 is 40.3 Å². The first-order chi connectivity index (χ1) is 16.4. The molecule has 2 amide bonds. The molecule has 2 atom stereocenters. The van der Waals surface area contributed by atoms with Crippen molar-refractivity contribution in [3.05, 3.63) is 69.7 Å². The average molecular weight is 561 g/mol. The van der Waals surface area contributed by atoms with E-state index in [1.165, 1.54) is 12.1 Å². The molecule has 2 N–H and O–H groups in total. The van der Waals surface area contributed by atoms with Crippen molar-refractivity contribution in [1.29, 1.82) is 0 Å². The molecule has 2 aliphatic rings. The lowest BCUT2D eigenvalue weighted by atomic mass is 9.62. The van der Waals surface area contributed by atoms with E-state index in [-0.39, 0.29) is 55.2 Å². The summed E-state index contributed by atoms with van der Waals surface area (Å²) in [5.74, 6) is -3.91. The number of halogens is 6. The number of hydrogen-bond donors (Lipinski definition) is 2. The average Bonchev–Trinajstić information content (AvgIpc) is 2.80. The van der Waals surface area contributed by atoms with Gasteiger partial charge in [0.15, 0.2) is 0 Å². The van der Waals surface area contributed by atoms with Crippen LogP contribution in [0.4, 0.5) is 22.0 Å². The summed E-state index contributed by atoms with van der Waals surface area (Å²) < 4.78 is 70.1. The number of carbonyl (C=O) groups excluding carboxylic acids is 2. The predicted octanol–water partition coefficient (Wildman–Crippen LogP) is 4.39. The van der Waals surface area contributed by atoms with Crippen molar-refractivity contribution in [2.24, 2.45) is 5.41 Å². The normalized spacial score (nSPS) is 22.0. The summed E-state index contributed by atoms with van der Waals surface area (Å²) in [5.41, 5.74) is -5.15. The number of amides is 2. The molecule has 188 valence electrons. The second kappa shape index (κ2) is 9.16. The van der Waals surface area contributed by atoms with Crippen LogP contribution in [0.1, 0.15) is 36.3 Å². The number of carbonyl (C=O) groups is 2. The first-order valence-electron chi connectivity index (χ1n) is 10.9. The molecule has 0 bridgehead atoms. The molecule has 11 heteroatoms. The minimum Gasteiger partial charge on any atom is -0.368 e. The number of nitrogens with one attached hydrogen (secondary N) is 1. The highest BCUT2D eigenvalue weighted by molar-refractivity contribution is 9.10. The molecule has 2 fully saturated rings. The molecule has 0 aliphatic carbocycles. The SMILES string of the molecule is O=C1CC2(CCN(C(=O)[C@@](O)(c3cc(Br)ccc3F)C(F)(F)F)CC2)[C@H](c2ccc(F)cc2)CN1. The standard InChI is InChI=1S/C24H22BrF5N2O3/c25-15-3-6-19(27)17(11-15)23(35,24(28,29)30)21(34)32-9-7-22(8-10-32)12-20(33)31-13-18(22)14-1-4-16(26)5-2-14/h1-6,11,18,35H,7-10,12-13H2,(H,31,33)/t18-,23-/m0/s1. The van der Waals surface area contributed by atoms with E-state index in [2.05, 4.69) is 21.2 Å². The molecule has 0 aromatic heterocycles. The Bertz CT molecular complexity index is 1130. The van der Waals surface area contributed by atoms with E-state index in [0.717, 1.165) is 28.7 Å². The maximum Gasteiger partial charge on any atom is 0.430 e. The summed E-state index contributed by atoms with van der Waals surface area (Å²) in [4.78, 5) is 26.2. The molecular weight excluding hydrogens is 539 g/mol. The number of likely N-dealkylation sites (tertiary alicyclic amines) is 1. The number of piperidine rings is 2. The smallest absolute Gasteiger partial charge is 0.368 e. The van der Waals surface area contributed by atoms with Crippen LogP contribution in [0.2, 0.25) is 0 Å². The van der Waals surface area contributed by atoms with Gasteiger partial charge in [0.2, 0.25) is 5.91 Å². The molecule has 0 radical (unpaired) electrons. The second-order valence-corrected chi connectivity index (χ2v) is 9.99. The third-order valence-corrected chi connectivity index (χ3v) is 7.61. The van der Waals surface area contributed by atoms with Crippen LogP contribution in [0.25, 0.3) is 0 Å². The van der Waals surface area contributed by atoms with Crippen LogP contribution in [-0.4, -0.2) is 47.6 Å². The molecular formula is C24H22BrF5N2O3. The Kier molecular flexibility index (Phi) is 6.69. The first kappa shape index (κ1) is 25.6. The summed E-state index contributed by atoms with van der Waals surface area (Å²) in [7, 11) is 0. The third-order valence-electron chi connectivity index (χ3n) is 7.11. The van der Waals surface area contributed by atoms with E-state index >= 15 is 0 Å². The monoisotopic (exact) mass is 560 g/mol. The van der Waals surface area contributed by atoms with Crippen molar-refractivity contribution in [3.8, 4) is 0 Å². The van der Waals surface area contributed by atoms with Gasteiger partial charge in [0.1, 0.15) is 11.6 Å². The van der Waals surface area contributed by atoms with E-state index in [1.54, 1.807) is 12.1 Å². The molecule has 0 saturated carbocycles. The Morgan fingerprint density at radius 1 is 1.09 bits per heavy atom. The van der Waals surface area contributed by atoms with Gasteiger partial charge in [-0.05, 0) is 54.2 Å². The highest BCUT2D eigenvalue weighted by atomic mass is 79.9. The minimum absolute atomic E-state index is 0.0670. The van der Waals surface area contributed by atoms with Gasteiger partial charge >= 0.3 is 6.18 Å². The fraction of sp³-hybridized carbons (Fsp3) is 0.417. The van der Waals surface area contributed by atoms with Gasteiger partial charge in [-0.25, -0.2) is 8.78 Å². The van der Waals surface area contributed by atoms with Crippen LogP contribution in [0.3, 0.4) is 0 Å². The number of benzene rings is 2. The van der Waals surface area contributed by atoms with Crippen molar-refractivity contribution in [2.45, 2.75) is 37.0 Å². The van der Waals surface area contributed by atoms with Gasteiger partial charge in [0.05, 0.1) is 0 Å². The molecule has 2 heterocycles. The van der Waals surface area contributed by atoms with Gasteiger partial charge in [-0.3, -0.25) is 9.59 Å². The highest BCUT2D eigenvalue weighted by Gasteiger charge is 2.63. The molecule has 1 spiro atoms. The van der Waals surface area contributed by atoms with Crippen molar-refractivity contribution in [1.82, 2.24) is 10.2 Å². The van der Waals surface area contributed by atoms with Crippen molar-refractivity contribution < 1.29 is 36.6 Å². The fourth-order valence-electron chi connectivity index (χ4n) is 5.18. The molecule has 4 rings (SSSR count). The summed E-state index contributed by atoms with van der Waals surface area (Å²) >= 11 is 2.96. The van der Waals surface area contributed by atoms with Gasteiger partial charge in [-0.15, -0.1) is 0 Å². The Labute approximate surface area is 206 Å². The summed E-state index contributed by atoms with van der Waals surface area (Å²) in [5, 5.41) is 13.4. The quantitative estimate of drug-likeness (QED) is 0.547. The summed E-state index contributed by atoms with van der Waals surface area (Å²) in [6.07, 6.45) is -5.02. The molecule has 2 saturated heterocycles. The minimum atomic E-state index is -5.48. The summed E-state index contributed by atoms with van der Waals surface area (Å²) in [6, 6.07) is 8.45. The van der Waals surface area contributed by atoms with Gasteiger partial charge in [-0.2, -0.15) is 13.2 Å². The van der Waals surface area contributed by atoms with Crippen LogP contribution in [0.15, 0.2) is 46.9 Å². The fourth-order valence-corrected chi connectivity index (χ4v) is 5.54. The summed E-state index contributed by atoms with van der Waals surface area (Å²) in [6.45, 7) is -0.0657. The first-order valence-corrected chi connectivity index (χ1v) is 11.7. The van der Waals surface area contributed by atoms with Gasteiger partial charge in [0, 0.05) is 42.0 Å². The molecule has 2 aromatic carbocycles. The van der Waals surface area contributed by atoms with Crippen molar-refractivity contribution in [3.63, 3.8) is 0 Å². The molecule has 2 aliphatic heterocycles. The van der Waals surface area contributed by atoms with Gasteiger partial charge in [-0.1, -0.05) is 28.1 Å². The van der Waals surface area contributed by atoms with Crippen LogP contribution in [-0.2, 0) is 15.2 Å². The number of hydrogen-bond acceptors (Lipinski definition) is 3. The molecule has 0 unspecified atom stereocenters. The number of nitrogens with zero attached hydrogens (tertiary/aromatic N) is 1. The number of aliphatic hydroxyl groups is 1. The maximum absolute atomic E-state index is 14.4. The van der Waals surface area contributed by atoms with Crippen molar-refractivity contribution in [2.75, 3.05) is 19.6 Å². The van der Waals surface area contributed by atoms with Crippen LogP contribution >= 0.6 is 15.9 Å². The maximum atomic E-state index is 14.4. The molecule has 5 nitrogen and oxygen atoms in total. The lowest BCUT2D eigenvalue weighted by molar-refractivity contribution is -0.263. The van der Waals surface area contributed by atoms with Crippen LogP contribution < -0.4 is 5.32 Å². The van der Waals surface area contributed by atoms with E-state index in [1.807, 2.05) is 0 Å². The Morgan fingerprint density at radius 3 is 2.31 bits per heavy atom. The van der Waals surface area contributed by atoms with Gasteiger partial charge in [0.25, 0.3) is 11.5 Å². The topological polar surface area (TPSA) is 69.6 Å². The second-order valence-electron chi connectivity index (χ2n) is 9.07. The zero-order valence-corrected chi connectivity index (χ0v) is 19.9. The highest BCUT2D eigenvalue weighted by Crippen LogP contribution is 2.50. The molecule has 35 heavy (non-hydrogen) atoms. The lowest BCUT2D eigenvalue weighted by Crippen LogP contribution is -2.59. The van der Waals surface area contributed by atoms with E-state index in [9.17, 15) is 36.6 Å². The molecule has 2 aromatic rings. The number of rotatable bonds is 3. The Hall–Kier alpha value is -2.53. The number of alkyl halides is 3. The van der Waals surface area contributed by atoms with Crippen LogP contribution in [0, 0.1) is 17.0 Å². The largest absolute Gasteiger partial charge is 0.430 e. The zero-order chi connectivity index (χ0) is 25.6. The lowest BCUT2D eigenvalue weighted by Gasteiger charge is -2.50. The van der Waals surface area contributed by atoms with E-state index in [4.69, 9.17) is 0 Å². The van der Waals surface area contributed by atoms with Crippen molar-refractivity contribution >= 4 is 27.7 Å². The van der Waals surface area contributed by atoms with E-state index in [0.29, 0.717) is 0 Å².